The smallest absolute Gasteiger partial charge is 0.422 e. The summed E-state index contributed by atoms with van der Waals surface area (Å²) in [4.78, 5) is 24.2. The molecular weight excluding hydrogens is 397 g/mol. The number of rotatable bonds is 7. The van der Waals surface area contributed by atoms with Gasteiger partial charge < -0.3 is 15.4 Å². The van der Waals surface area contributed by atoms with Crippen LogP contribution in [0.5, 0.6) is 5.75 Å². The lowest BCUT2D eigenvalue weighted by atomic mass is 10.2. The van der Waals surface area contributed by atoms with Gasteiger partial charge in [-0.25, -0.2) is 0 Å². The van der Waals surface area contributed by atoms with E-state index in [1.165, 1.54) is 19.1 Å². The molecule has 0 radical (unpaired) electrons. The lowest BCUT2D eigenvalue weighted by molar-refractivity contribution is -0.153. The number of nitrogens with one attached hydrogen (secondary N) is 2. The Balaban J connectivity index is 1.80. The van der Waals surface area contributed by atoms with Crippen molar-refractivity contribution in [3.63, 3.8) is 0 Å². The van der Waals surface area contributed by atoms with E-state index in [0.717, 1.165) is 0 Å². The van der Waals surface area contributed by atoms with Gasteiger partial charge in [0.1, 0.15) is 11.8 Å². The van der Waals surface area contributed by atoms with Crippen molar-refractivity contribution in [1.29, 1.82) is 0 Å². The third-order valence-electron chi connectivity index (χ3n) is 3.64. The highest BCUT2D eigenvalue weighted by atomic mass is 35.5. The molecule has 9 heteroatoms. The van der Waals surface area contributed by atoms with Crippen molar-refractivity contribution in [2.45, 2.75) is 25.7 Å². The molecule has 0 unspecified atom stereocenters. The number of carbonyl (C=O) groups is 2. The molecule has 0 aliphatic carbocycles. The SMILES string of the molecule is C[C@H](NC(=O)c1ccc(Cl)cc1)C(=O)NCc1ccc(OCC(F)(F)F)cc1. The van der Waals surface area contributed by atoms with Crippen molar-refractivity contribution in [2.24, 2.45) is 0 Å². The van der Waals surface area contributed by atoms with Gasteiger partial charge in [0.15, 0.2) is 6.61 Å². The molecule has 0 aromatic heterocycles. The van der Waals surface area contributed by atoms with E-state index >= 15 is 0 Å². The van der Waals surface area contributed by atoms with Crippen LogP contribution in [0.3, 0.4) is 0 Å². The predicted octanol–water partition coefficient (Wildman–Crippen LogP) is 3.72. The summed E-state index contributed by atoms with van der Waals surface area (Å²) in [6.45, 7) is 0.324. The number of alkyl halides is 3. The highest BCUT2D eigenvalue weighted by Crippen LogP contribution is 2.18. The summed E-state index contributed by atoms with van der Waals surface area (Å²) in [5, 5.41) is 5.71. The Kier molecular flexibility index (Phi) is 7.28. The monoisotopic (exact) mass is 414 g/mol. The van der Waals surface area contributed by atoms with Crippen LogP contribution in [0, 0.1) is 0 Å². The van der Waals surface area contributed by atoms with Crippen LogP contribution in [0.15, 0.2) is 48.5 Å². The van der Waals surface area contributed by atoms with Crippen LogP contribution in [0.1, 0.15) is 22.8 Å². The summed E-state index contributed by atoms with van der Waals surface area (Å²) in [6, 6.07) is 11.3. The predicted molar refractivity (Wildman–Crippen MR) is 98.2 cm³/mol. The number of amides is 2. The van der Waals surface area contributed by atoms with Crippen LogP contribution in [0.25, 0.3) is 0 Å². The Hall–Kier alpha value is -2.74. The molecule has 1 atom stereocenters. The third-order valence-corrected chi connectivity index (χ3v) is 3.89. The van der Waals surface area contributed by atoms with Crippen LogP contribution in [-0.4, -0.2) is 30.6 Å². The molecule has 0 saturated heterocycles. The van der Waals surface area contributed by atoms with E-state index in [0.29, 0.717) is 16.1 Å². The largest absolute Gasteiger partial charge is 0.484 e. The lowest BCUT2D eigenvalue weighted by Gasteiger charge is -2.14. The third kappa shape index (κ3) is 7.11. The highest BCUT2D eigenvalue weighted by molar-refractivity contribution is 6.30. The van der Waals surface area contributed by atoms with E-state index in [2.05, 4.69) is 15.4 Å². The van der Waals surface area contributed by atoms with E-state index < -0.39 is 30.6 Å². The molecule has 2 rings (SSSR count). The van der Waals surface area contributed by atoms with Crippen molar-refractivity contribution in [3.05, 3.63) is 64.7 Å². The molecular formula is C19H18ClF3N2O3. The van der Waals surface area contributed by atoms with E-state index in [4.69, 9.17) is 11.6 Å². The van der Waals surface area contributed by atoms with Gasteiger partial charge in [-0.2, -0.15) is 13.2 Å². The van der Waals surface area contributed by atoms with Gasteiger partial charge in [0.2, 0.25) is 5.91 Å². The molecule has 28 heavy (non-hydrogen) atoms. The summed E-state index contributed by atoms with van der Waals surface area (Å²) < 4.78 is 41.0. The molecule has 2 aromatic rings. The second kappa shape index (κ2) is 9.45. The molecule has 0 aliphatic rings. The summed E-state index contributed by atoms with van der Waals surface area (Å²) >= 11 is 5.77. The Morgan fingerprint density at radius 3 is 2.25 bits per heavy atom. The van der Waals surface area contributed by atoms with Gasteiger partial charge in [-0.1, -0.05) is 23.7 Å². The van der Waals surface area contributed by atoms with E-state index in [-0.39, 0.29) is 12.3 Å². The second-order valence-electron chi connectivity index (χ2n) is 5.97. The molecule has 0 bridgehead atoms. The Bertz CT molecular complexity index is 809. The van der Waals surface area contributed by atoms with Crippen molar-refractivity contribution in [2.75, 3.05) is 6.61 Å². The van der Waals surface area contributed by atoms with Crippen molar-refractivity contribution < 1.29 is 27.5 Å². The van der Waals surface area contributed by atoms with Crippen LogP contribution >= 0.6 is 11.6 Å². The minimum Gasteiger partial charge on any atom is -0.484 e. The first-order valence-electron chi connectivity index (χ1n) is 8.27. The normalized spacial score (nSPS) is 12.2. The standard InChI is InChI=1S/C19H18ClF3N2O3/c1-12(25-18(27)14-4-6-15(20)7-5-14)17(26)24-10-13-2-8-16(9-3-13)28-11-19(21,22)23/h2-9,12H,10-11H2,1H3,(H,24,26)(H,25,27)/t12-/m0/s1. The molecule has 0 fully saturated rings. The zero-order chi connectivity index (χ0) is 20.7. The molecule has 0 heterocycles. The van der Waals surface area contributed by atoms with E-state index in [1.54, 1.807) is 36.4 Å². The fourth-order valence-corrected chi connectivity index (χ4v) is 2.28. The number of carbonyl (C=O) groups excluding carboxylic acids is 2. The molecule has 0 saturated carbocycles. The summed E-state index contributed by atoms with van der Waals surface area (Å²) in [6.07, 6.45) is -4.40. The van der Waals surface area contributed by atoms with Gasteiger partial charge in [0.25, 0.3) is 5.91 Å². The van der Waals surface area contributed by atoms with Gasteiger partial charge in [0.05, 0.1) is 0 Å². The van der Waals surface area contributed by atoms with Gasteiger partial charge in [-0.3, -0.25) is 9.59 Å². The van der Waals surface area contributed by atoms with Crippen LogP contribution in [-0.2, 0) is 11.3 Å². The Morgan fingerprint density at radius 1 is 1.07 bits per heavy atom. The fourth-order valence-electron chi connectivity index (χ4n) is 2.16. The van der Waals surface area contributed by atoms with Crippen LogP contribution in [0.2, 0.25) is 5.02 Å². The minimum absolute atomic E-state index is 0.0796. The summed E-state index contributed by atoms with van der Waals surface area (Å²) in [5.74, 6) is -0.735. The maximum absolute atomic E-state index is 12.1. The number of ether oxygens (including phenoxy) is 1. The number of hydrogen-bond acceptors (Lipinski definition) is 3. The molecule has 2 amide bonds. The molecule has 2 N–H and O–H groups in total. The van der Waals surface area contributed by atoms with E-state index in [9.17, 15) is 22.8 Å². The highest BCUT2D eigenvalue weighted by Gasteiger charge is 2.28. The maximum atomic E-state index is 12.1. The Morgan fingerprint density at radius 2 is 1.68 bits per heavy atom. The molecule has 0 spiro atoms. The molecule has 5 nitrogen and oxygen atoms in total. The van der Waals surface area contributed by atoms with Crippen LogP contribution in [0.4, 0.5) is 13.2 Å². The molecule has 150 valence electrons. The summed E-state index contributed by atoms with van der Waals surface area (Å²) in [7, 11) is 0. The number of benzene rings is 2. The zero-order valence-corrected chi connectivity index (χ0v) is 15.6. The first kappa shape index (κ1) is 21.6. The number of hydrogen-bond donors (Lipinski definition) is 2. The second-order valence-corrected chi connectivity index (χ2v) is 6.40. The zero-order valence-electron chi connectivity index (χ0n) is 14.8. The van der Waals surface area contributed by atoms with Crippen molar-refractivity contribution in [3.8, 4) is 5.75 Å². The van der Waals surface area contributed by atoms with E-state index in [1.807, 2.05) is 0 Å². The van der Waals surface area contributed by atoms with Gasteiger partial charge in [0, 0.05) is 17.1 Å². The van der Waals surface area contributed by atoms with Crippen LogP contribution < -0.4 is 15.4 Å². The minimum atomic E-state index is -4.40. The number of halogens is 4. The fraction of sp³-hybridized carbons (Fsp3) is 0.263. The molecule has 0 aliphatic heterocycles. The van der Waals surface area contributed by atoms with Crippen molar-refractivity contribution >= 4 is 23.4 Å². The lowest BCUT2D eigenvalue weighted by Crippen LogP contribution is -2.44. The maximum Gasteiger partial charge on any atom is 0.422 e. The quantitative estimate of drug-likeness (QED) is 0.725. The molecule has 2 aromatic carbocycles. The summed E-state index contributed by atoms with van der Waals surface area (Å²) in [5.41, 5.74) is 1.04. The average molecular weight is 415 g/mol. The first-order chi connectivity index (χ1) is 13.1. The topological polar surface area (TPSA) is 67.4 Å². The van der Waals surface area contributed by atoms with Crippen molar-refractivity contribution in [1.82, 2.24) is 10.6 Å². The average Bonchev–Trinajstić information content (AvgIpc) is 2.65. The van der Waals surface area contributed by atoms with Gasteiger partial charge in [-0.05, 0) is 48.9 Å². The van der Waals surface area contributed by atoms with Gasteiger partial charge >= 0.3 is 6.18 Å². The first-order valence-corrected chi connectivity index (χ1v) is 8.64. The Labute approximate surface area is 164 Å². The van der Waals surface area contributed by atoms with Gasteiger partial charge in [-0.15, -0.1) is 0 Å².